The fourth-order valence-electron chi connectivity index (χ4n) is 0.861. The van der Waals surface area contributed by atoms with Gasteiger partial charge in [-0.05, 0) is 22.9 Å². The molecule has 4 heteroatoms. The molecule has 3 nitrogen and oxygen atoms in total. The lowest BCUT2D eigenvalue weighted by molar-refractivity contribution is 0.822. The molecule has 0 spiro atoms. The van der Waals surface area contributed by atoms with Gasteiger partial charge < -0.3 is 4.90 Å². The van der Waals surface area contributed by atoms with Crippen LogP contribution in [-0.4, -0.2) is 23.1 Å². The molecule has 1 rings (SSSR count). The lowest BCUT2D eigenvalue weighted by Crippen LogP contribution is -2.28. The lowest BCUT2D eigenvalue weighted by atomic mass is 10.3. The zero-order valence-electron chi connectivity index (χ0n) is 7.53. The van der Waals surface area contributed by atoms with Gasteiger partial charge in [-0.1, -0.05) is 5.92 Å². The minimum atomic E-state index is 0.0196. The Morgan fingerprint density at radius 1 is 1.69 bits per heavy atom. The summed E-state index contributed by atoms with van der Waals surface area (Å²) >= 11 is 3.36. The molecule has 0 aliphatic rings. The first-order valence-corrected chi connectivity index (χ1v) is 4.60. The highest BCUT2D eigenvalue weighted by molar-refractivity contribution is 9.10. The lowest BCUT2D eigenvalue weighted by Gasteiger charge is -2.22. The van der Waals surface area contributed by atoms with Crippen molar-refractivity contribution in [2.24, 2.45) is 0 Å². The normalized spacial score (nSPS) is 11.8. The molecule has 0 fully saturated rings. The molecule has 0 saturated carbocycles. The first kappa shape index (κ1) is 10.0. The van der Waals surface area contributed by atoms with Crippen LogP contribution in [0.2, 0.25) is 0 Å². The number of rotatable bonds is 2. The van der Waals surface area contributed by atoms with Gasteiger partial charge in [0.1, 0.15) is 12.1 Å². The van der Waals surface area contributed by atoms with Crippen molar-refractivity contribution in [3.05, 3.63) is 17.0 Å². The summed E-state index contributed by atoms with van der Waals surface area (Å²) in [5, 5.41) is 0. The molecular formula is C9H10BrN3. The third kappa shape index (κ3) is 2.19. The standard InChI is InChI=1S/C9H10BrN3/c1-4-7(2)13(3)9-8(10)5-11-6-12-9/h1,5-7H,2-3H3. The summed E-state index contributed by atoms with van der Waals surface area (Å²) in [6, 6.07) is 0.0196. The maximum Gasteiger partial charge on any atom is 0.147 e. The Labute approximate surface area is 86.3 Å². The summed E-state index contributed by atoms with van der Waals surface area (Å²) in [6.07, 6.45) is 8.51. The fourth-order valence-corrected chi connectivity index (χ4v) is 1.36. The quantitative estimate of drug-likeness (QED) is 0.736. The van der Waals surface area contributed by atoms with E-state index >= 15 is 0 Å². The summed E-state index contributed by atoms with van der Waals surface area (Å²) in [6.45, 7) is 1.94. The number of terminal acetylenes is 1. The summed E-state index contributed by atoms with van der Waals surface area (Å²) in [5.41, 5.74) is 0. The smallest absolute Gasteiger partial charge is 0.147 e. The van der Waals surface area contributed by atoms with Crippen LogP contribution in [0.15, 0.2) is 17.0 Å². The summed E-state index contributed by atoms with van der Waals surface area (Å²) < 4.78 is 0.847. The van der Waals surface area contributed by atoms with Gasteiger partial charge in [0, 0.05) is 13.2 Å². The van der Waals surface area contributed by atoms with E-state index in [1.807, 2.05) is 18.9 Å². The average Bonchev–Trinajstić information content (AvgIpc) is 2.16. The van der Waals surface area contributed by atoms with Crippen molar-refractivity contribution in [3.63, 3.8) is 0 Å². The Hall–Kier alpha value is -1.08. The van der Waals surface area contributed by atoms with Crippen molar-refractivity contribution < 1.29 is 0 Å². The monoisotopic (exact) mass is 239 g/mol. The van der Waals surface area contributed by atoms with Gasteiger partial charge in [0.25, 0.3) is 0 Å². The Kier molecular flexibility index (Phi) is 3.26. The van der Waals surface area contributed by atoms with Gasteiger partial charge in [-0.15, -0.1) is 6.42 Å². The molecule has 1 atom stereocenters. The van der Waals surface area contributed by atoms with Gasteiger partial charge >= 0.3 is 0 Å². The molecule has 68 valence electrons. The van der Waals surface area contributed by atoms with Crippen LogP contribution in [0, 0.1) is 12.3 Å². The summed E-state index contributed by atoms with van der Waals surface area (Å²) in [7, 11) is 1.90. The maximum absolute atomic E-state index is 5.31. The van der Waals surface area contributed by atoms with Gasteiger partial charge in [-0.25, -0.2) is 9.97 Å². The zero-order chi connectivity index (χ0) is 9.84. The van der Waals surface area contributed by atoms with Crippen LogP contribution in [-0.2, 0) is 0 Å². The van der Waals surface area contributed by atoms with Gasteiger partial charge in [-0.3, -0.25) is 0 Å². The van der Waals surface area contributed by atoms with Crippen LogP contribution >= 0.6 is 15.9 Å². The summed E-state index contributed by atoms with van der Waals surface area (Å²) in [5.74, 6) is 3.44. The molecule has 1 aromatic heterocycles. The van der Waals surface area contributed by atoms with Gasteiger partial charge in [0.05, 0.1) is 10.5 Å². The second-order valence-corrected chi connectivity index (χ2v) is 3.50. The fraction of sp³-hybridized carbons (Fsp3) is 0.333. The van der Waals surface area contributed by atoms with Crippen molar-refractivity contribution in [1.82, 2.24) is 9.97 Å². The molecule has 13 heavy (non-hydrogen) atoms. The van der Waals surface area contributed by atoms with Crippen LogP contribution in [0.1, 0.15) is 6.92 Å². The van der Waals surface area contributed by atoms with E-state index in [0.717, 1.165) is 10.3 Å². The first-order valence-electron chi connectivity index (χ1n) is 3.81. The van der Waals surface area contributed by atoms with Gasteiger partial charge in [0.2, 0.25) is 0 Å². The molecule has 1 heterocycles. The van der Waals surface area contributed by atoms with Crippen LogP contribution < -0.4 is 4.90 Å². The Morgan fingerprint density at radius 2 is 2.38 bits per heavy atom. The first-order chi connectivity index (χ1) is 6.16. The molecule has 1 unspecified atom stereocenters. The highest BCUT2D eigenvalue weighted by Gasteiger charge is 2.10. The SMILES string of the molecule is C#CC(C)N(C)c1ncncc1Br. The Morgan fingerprint density at radius 3 is 2.92 bits per heavy atom. The van der Waals surface area contributed by atoms with Crippen LogP contribution in [0.25, 0.3) is 0 Å². The van der Waals surface area contributed by atoms with Crippen molar-refractivity contribution in [2.45, 2.75) is 13.0 Å². The largest absolute Gasteiger partial charge is 0.345 e. The number of halogens is 1. The molecule has 0 amide bonds. The van der Waals surface area contributed by atoms with Crippen molar-refractivity contribution >= 4 is 21.7 Å². The predicted octanol–water partition coefficient (Wildman–Crippen LogP) is 1.70. The van der Waals surface area contributed by atoms with Crippen LogP contribution in [0.3, 0.4) is 0 Å². The van der Waals surface area contributed by atoms with Crippen molar-refractivity contribution in [2.75, 3.05) is 11.9 Å². The number of hydrogen-bond acceptors (Lipinski definition) is 3. The molecule has 0 aromatic carbocycles. The molecule has 0 aliphatic carbocycles. The molecule has 0 aliphatic heterocycles. The van der Waals surface area contributed by atoms with E-state index in [0.29, 0.717) is 0 Å². The molecular weight excluding hydrogens is 230 g/mol. The third-order valence-corrected chi connectivity index (χ3v) is 2.36. The minimum absolute atomic E-state index is 0.0196. The molecule has 0 radical (unpaired) electrons. The van der Waals surface area contributed by atoms with E-state index in [-0.39, 0.29) is 6.04 Å². The molecule has 1 aromatic rings. The van der Waals surface area contributed by atoms with Crippen LogP contribution in [0.5, 0.6) is 0 Å². The predicted molar refractivity (Wildman–Crippen MR) is 56.4 cm³/mol. The molecule has 0 saturated heterocycles. The van der Waals surface area contributed by atoms with Crippen molar-refractivity contribution in [1.29, 1.82) is 0 Å². The molecule has 0 bridgehead atoms. The van der Waals surface area contributed by atoms with E-state index in [2.05, 4.69) is 31.8 Å². The van der Waals surface area contributed by atoms with E-state index in [4.69, 9.17) is 6.42 Å². The van der Waals surface area contributed by atoms with E-state index in [1.165, 1.54) is 6.33 Å². The highest BCUT2D eigenvalue weighted by Crippen LogP contribution is 2.21. The van der Waals surface area contributed by atoms with Gasteiger partial charge in [-0.2, -0.15) is 0 Å². The van der Waals surface area contributed by atoms with Gasteiger partial charge in [0.15, 0.2) is 0 Å². The Balaban J connectivity index is 2.96. The third-order valence-electron chi connectivity index (χ3n) is 1.80. The highest BCUT2D eigenvalue weighted by atomic mass is 79.9. The van der Waals surface area contributed by atoms with E-state index in [1.54, 1.807) is 6.20 Å². The van der Waals surface area contributed by atoms with Crippen LogP contribution in [0.4, 0.5) is 5.82 Å². The van der Waals surface area contributed by atoms with E-state index in [9.17, 15) is 0 Å². The topological polar surface area (TPSA) is 29.0 Å². The minimum Gasteiger partial charge on any atom is -0.345 e. The second-order valence-electron chi connectivity index (χ2n) is 2.65. The number of anilines is 1. The number of nitrogens with zero attached hydrogens (tertiary/aromatic N) is 3. The zero-order valence-corrected chi connectivity index (χ0v) is 9.12. The number of aromatic nitrogens is 2. The number of hydrogen-bond donors (Lipinski definition) is 0. The van der Waals surface area contributed by atoms with Crippen molar-refractivity contribution in [3.8, 4) is 12.3 Å². The Bertz CT molecular complexity index is 332. The second kappa shape index (κ2) is 4.24. The molecule has 0 N–H and O–H groups in total. The summed E-state index contributed by atoms with van der Waals surface area (Å²) in [4.78, 5) is 9.90. The average molecular weight is 240 g/mol. The van der Waals surface area contributed by atoms with E-state index < -0.39 is 0 Å². The maximum atomic E-state index is 5.31.